The molecule has 6 heteroatoms. The number of carbonyl (C=O) groups excluding carboxylic acids is 2. The average Bonchev–Trinajstić information content (AvgIpc) is 3.33. The smallest absolute Gasteiger partial charge is 0.222 e. The van der Waals surface area contributed by atoms with Crippen molar-refractivity contribution in [1.82, 2.24) is 14.7 Å². The molecule has 2 amide bonds. The third kappa shape index (κ3) is 48.3. The molecule has 0 unspecified atom stereocenters. The third-order valence-electron chi connectivity index (χ3n) is 13.8. The van der Waals surface area contributed by atoms with E-state index in [4.69, 9.17) is 39.4 Å². The van der Waals surface area contributed by atoms with Gasteiger partial charge < -0.3 is 19.4 Å². The first-order valence-electron chi connectivity index (χ1n) is 29.4. The van der Waals surface area contributed by atoms with E-state index in [1.807, 2.05) is 0 Å². The second kappa shape index (κ2) is 55.8. The summed E-state index contributed by atoms with van der Waals surface area (Å²) < 4.78 is 5.78. The van der Waals surface area contributed by atoms with Crippen LogP contribution in [0.15, 0.2) is 0 Å². The highest BCUT2D eigenvalue weighted by Gasteiger charge is 2.15. The van der Waals surface area contributed by atoms with Crippen molar-refractivity contribution in [2.45, 2.75) is 289 Å². The van der Waals surface area contributed by atoms with Gasteiger partial charge in [0.15, 0.2) is 0 Å². The van der Waals surface area contributed by atoms with E-state index in [0.29, 0.717) is 37.7 Å². The molecule has 0 aromatic heterocycles. The van der Waals surface area contributed by atoms with Gasteiger partial charge in [-0.2, -0.15) is 0 Å². The second-order valence-electron chi connectivity index (χ2n) is 20.1. The van der Waals surface area contributed by atoms with Gasteiger partial charge in [0.25, 0.3) is 0 Å². The standard InChI is InChI=1S/C61H113N3O3/c1-6-11-15-19-23-27-37-45-53-63(54-46-38-28-24-20-16-12-7-2)60(65)49-41-33-31-35-43-51-62(57-59-67-58-10-5)52-44-36-32-34-42-50-61(66)64(55-47-39-29-25-21-17-13-8-3)56-48-40-30-26-22-18-14-9-4/h1-5H,6-59H2. The Labute approximate surface area is 421 Å². The minimum atomic E-state index is 0.376. The Balaban J connectivity index is 4.61. The maximum atomic E-state index is 13.4. The van der Waals surface area contributed by atoms with E-state index in [9.17, 15) is 9.59 Å². The summed E-state index contributed by atoms with van der Waals surface area (Å²) in [4.78, 5) is 33.8. The topological polar surface area (TPSA) is 53.1 Å². The van der Waals surface area contributed by atoms with Crippen LogP contribution in [-0.4, -0.2) is 85.5 Å². The molecule has 0 aliphatic rings. The Morgan fingerprint density at radius 3 is 0.761 bits per heavy atom. The zero-order chi connectivity index (χ0) is 48.8. The van der Waals surface area contributed by atoms with Gasteiger partial charge in [-0.25, -0.2) is 0 Å². The minimum Gasteiger partial charge on any atom is -0.380 e. The van der Waals surface area contributed by atoms with Crippen LogP contribution >= 0.6 is 0 Å². The van der Waals surface area contributed by atoms with Crippen molar-refractivity contribution in [1.29, 1.82) is 0 Å². The zero-order valence-corrected chi connectivity index (χ0v) is 44.6. The van der Waals surface area contributed by atoms with Crippen molar-refractivity contribution in [2.75, 3.05) is 59.0 Å². The maximum Gasteiger partial charge on any atom is 0.222 e. The van der Waals surface area contributed by atoms with E-state index in [1.54, 1.807) is 0 Å². The molecule has 390 valence electrons. The number of hydrogen-bond acceptors (Lipinski definition) is 4. The van der Waals surface area contributed by atoms with Crippen LogP contribution in [-0.2, 0) is 14.3 Å². The van der Waals surface area contributed by atoms with E-state index in [2.05, 4.69) is 14.7 Å². The Hall–Kier alpha value is -1.14. The molecule has 0 aromatic carbocycles. The quantitative estimate of drug-likeness (QED) is 0.0570. The van der Waals surface area contributed by atoms with E-state index in [1.165, 1.54) is 167 Å². The molecule has 0 aliphatic heterocycles. The van der Waals surface area contributed by atoms with Gasteiger partial charge in [0.05, 0.1) is 6.61 Å². The van der Waals surface area contributed by atoms with Crippen molar-refractivity contribution < 1.29 is 14.3 Å². The molecular weight excluding hydrogens is 823 g/mol. The zero-order valence-electron chi connectivity index (χ0n) is 44.6. The first-order valence-corrected chi connectivity index (χ1v) is 29.4. The predicted molar refractivity (Wildman–Crippen MR) is 290 cm³/mol. The summed E-state index contributed by atoms with van der Waals surface area (Å²) in [5, 5.41) is 0. The van der Waals surface area contributed by atoms with E-state index in [-0.39, 0.29) is 0 Å². The largest absolute Gasteiger partial charge is 0.380 e. The molecule has 0 spiro atoms. The Morgan fingerprint density at radius 1 is 0.254 bits per heavy atom. The van der Waals surface area contributed by atoms with Gasteiger partial charge in [-0.3, -0.25) is 9.59 Å². The number of rotatable bonds is 57. The number of nitrogens with zero attached hydrogens (tertiary/aromatic N) is 3. The lowest BCUT2D eigenvalue weighted by atomic mass is 10.1. The van der Waals surface area contributed by atoms with Crippen LogP contribution < -0.4 is 0 Å². The molecule has 0 fully saturated rings. The predicted octanol–water partition coefficient (Wildman–Crippen LogP) is 17.1. The summed E-state index contributed by atoms with van der Waals surface area (Å²) in [5.74, 6) is 0.751. The molecular formula is C61H113N3O3. The van der Waals surface area contributed by atoms with Crippen molar-refractivity contribution in [3.8, 4) is 0 Å². The fourth-order valence-corrected chi connectivity index (χ4v) is 9.36. The van der Waals surface area contributed by atoms with Crippen LogP contribution in [0.1, 0.15) is 289 Å². The summed E-state index contributed by atoms with van der Waals surface area (Å²) in [6.07, 6.45) is 51.0. The van der Waals surface area contributed by atoms with Gasteiger partial charge in [-0.1, -0.05) is 193 Å². The number of carbonyl (C=O) groups is 2. The molecule has 6 nitrogen and oxygen atoms in total. The summed E-state index contributed by atoms with van der Waals surface area (Å²) >= 11 is 0. The van der Waals surface area contributed by atoms with Crippen molar-refractivity contribution >= 4 is 11.8 Å². The van der Waals surface area contributed by atoms with Crippen LogP contribution in [0, 0.1) is 34.6 Å². The SMILES string of the molecule is [CH]CCCCCCCCCN(CCCCCCCCC[CH])C(=O)CCCCCCCN(CCCCCCCC(=O)N(CCCCCCCCC[CH])CCCCCCCCC[CH])CCOCC[CH]. The fourth-order valence-electron chi connectivity index (χ4n) is 9.36. The molecule has 0 atom stereocenters. The van der Waals surface area contributed by atoms with Crippen LogP contribution in [0.25, 0.3) is 0 Å². The Kier molecular flexibility index (Phi) is 54.8. The van der Waals surface area contributed by atoms with Gasteiger partial charge in [0, 0.05) is 52.2 Å². The second-order valence-corrected chi connectivity index (χ2v) is 20.1. The van der Waals surface area contributed by atoms with Gasteiger partial charge in [0.2, 0.25) is 11.8 Å². The summed E-state index contributed by atoms with van der Waals surface area (Å²) in [7, 11) is 0. The van der Waals surface area contributed by atoms with Crippen LogP contribution in [0.2, 0.25) is 0 Å². The van der Waals surface area contributed by atoms with E-state index >= 15 is 0 Å². The first kappa shape index (κ1) is 65.9. The highest BCUT2D eigenvalue weighted by Crippen LogP contribution is 2.17. The van der Waals surface area contributed by atoms with Crippen molar-refractivity contribution in [3.05, 3.63) is 34.6 Å². The highest BCUT2D eigenvalue weighted by molar-refractivity contribution is 5.76. The molecule has 0 saturated carbocycles. The van der Waals surface area contributed by atoms with Crippen molar-refractivity contribution in [2.24, 2.45) is 0 Å². The molecule has 0 aromatic rings. The molecule has 0 aliphatic carbocycles. The lowest BCUT2D eigenvalue weighted by Gasteiger charge is -2.23. The average molecular weight is 937 g/mol. The molecule has 0 bridgehead atoms. The molecule has 10 radical (unpaired) electrons. The fraction of sp³-hybridized carbons (Fsp3) is 0.885. The third-order valence-corrected chi connectivity index (χ3v) is 13.8. The summed E-state index contributed by atoms with van der Waals surface area (Å²) in [6, 6.07) is 0. The number of hydrogen-bond donors (Lipinski definition) is 0. The molecule has 0 rings (SSSR count). The number of ether oxygens (including phenoxy) is 1. The van der Waals surface area contributed by atoms with E-state index < -0.39 is 0 Å². The van der Waals surface area contributed by atoms with Crippen LogP contribution in [0.3, 0.4) is 0 Å². The summed E-state index contributed by atoms with van der Waals surface area (Å²) in [6.45, 7) is 36.5. The van der Waals surface area contributed by atoms with Gasteiger partial charge in [-0.05, 0) is 131 Å². The van der Waals surface area contributed by atoms with Crippen LogP contribution in [0.5, 0.6) is 0 Å². The van der Waals surface area contributed by atoms with Crippen molar-refractivity contribution in [3.63, 3.8) is 0 Å². The van der Waals surface area contributed by atoms with E-state index in [0.717, 1.165) is 155 Å². The number of amides is 2. The molecule has 67 heavy (non-hydrogen) atoms. The molecule has 0 saturated heterocycles. The monoisotopic (exact) mass is 936 g/mol. The normalized spacial score (nSPS) is 11.6. The van der Waals surface area contributed by atoms with Gasteiger partial charge >= 0.3 is 0 Å². The molecule has 0 N–H and O–H groups in total. The highest BCUT2D eigenvalue weighted by atomic mass is 16.5. The number of unbranched alkanes of at least 4 members (excludes halogenated alkanes) is 36. The summed E-state index contributed by atoms with van der Waals surface area (Å²) in [5.41, 5.74) is 0. The minimum absolute atomic E-state index is 0.376. The van der Waals surface area contributed by atoms with Gasteiger partial charge in [0.1, 0.15) is 0 Å². The molecule has 0 heterocycles. The first-order chi connectivity index (χ1) is 33.0. The Bertz CT molecular complexity index is 867. The van der Waals surface area contributed by atoms with Crippen LogP contribution in [0.4, 0.5) is 0 Å². The maximum absolute atomic E-state index is 13.4. The lowest BCUT2D eigenvalue weighted by Crippen LogP contribution is -2.32. The Morgan fingerprint density at radius 2 is 0.493 bits per heavy atom. The van der Waals surface area contributed by atoms with Gasteiger partial charge in [-0.15, -0.1) is 0 Å². The lowest BCUT2D eigenvalue weighted by molar-refractivity contribution is -0.132.